The molecular weight excluding hydrogens is 318 g/mol. The summed E-state index contributed by atoms with van der Waals surface area (Å²) in [4.78, 5) is 12.5. The Morgan fingerprint density at radius 3 is 2.43 bits per heavy atom. The van der Waals surface area contributed by atoms with Crippen molar-refractivity contribution in [2.75, 3.05) is 26.1 Å². The van der Waals surface area contributed by atoms with Crippen LogP contribution in [-0.2, 0) is 0 Å². The Morgan fingerprint density at radius 1 is 1.09 bits per heavy atom. The maximum atomic E-state index is 12.5. The van der Waals surface area contributed by atoms with Crippen LogP contribution in [0.25, 0.3) is 0 Å². The van der Waals surface area contributed by atoms with Crippen LogP contribution < -0.4 is 19.5 Å². The largest absolute Gasteiger partial charge is 0.495 e. The summed E-state index contributed by atoms with van der Waals surface area (Å²) in [5.41, 5.74) is 0.887. The average molecular weight is 336 g/mol. The van der Waals surface area contributed by atoms with Crippen molar-refractivity contribution in [3.8, 4) is 17.2 Å². The number of benzene rings is 2. The number of rotatable bonds is 6. The molecule has 0 radical (unpaired) electrons. The van der Waals surface area contributed by atoms with Gasteiger partial charge in [0.25, 0.3) is 5.91 Å². The lowest BCUT2D eigenvalue weighted by Gasteiger charge is -2.14. The zero-order valence-electron chi connectivity index (χ0n) is 13.2. The second-order valence-electron chi connectivity index (χ2n) is 4.57. The van der Waals surface area contributed by atoms with E-state index >= 15 is 0 Å². The van der Waals surface area contributed by atoms with Gasteiger partial charge in [0.2, 0.25) is 0 Å². The Morgan fingerprint density at radius 2 is 1.78 bits per heavy atom. The Hall–Kier alpha value is -2.40. The molecule has 5 nitrogen and oxygen atoms in total. The van der Waals surface area contributed by atoms with Gasteiger partial charge in [0, 0.05) is 6.07 Å². The third kappa shape index (κ3) is 3.87. The number of amides is 1. The molecule has 0 saturated heterocycles. The molecule has 0 aliphatic heterocycles. The molecule has 0 spiro atoms. The first-order valence-electron chi connectivity index (χ1n) is 7.05. The van der Waals surface area contributed by atoms with Crippen LogP contribution in [-0.4, -0.2) is 26.7 Å². The van der Waals surface area contributed by atoms with Gasteiger partial charge in [-0.05, 0) is 25.1 Å². The predicted molar refractivity (Wildman–Crippen MR) is 90.1 cm³/mol. The summed E-state index contributed by atoms with van der Waals surface area (Å²) < 4.78 is 15.9. The van der Waals surface area contributed by atoms with Gasteiger partial charge in [-0.15, -0.1) is 0 Å². The molecule has 0 heterocycles. The summed E-state index contributed by atoms with van der Waals surface area (Å²) in [5, 5.41) is 3.16. The molecule has 1 N–H and O–H groups in total. The second kappa shape index (κ2) is 7.74. The molecule has 0 aliphatic carbocycles. The minimum absolute atomic E-state index is 0.311. The van der Waals surface area contributed by atoms with Crippen LogP contribution in [0.4, 0.5) is 5.69 Å². The Labute approximate surface area is 140 Å². The van der Waals surface area contributed by atoms with Gasteiger partial charge in [0.05, 0.1) is 37.1 Å². The number of methoxy groups -OCH3 is 2. The average Bonchev–Trinajstić information content (AvgIpc) is 2.56. The van der Waals surface area contributed by atoms with Gasteiger partial charge < -0.3 is 19.5 Å². The first-order chi connectivity index (χ1) is 11.1. The molecule has 23 heavy (non-hydrogen) atoms. The Kier molecular flexibility index (Phi) is 5.71. The third-order valence-electron chi connectivity index (χ3n) is 3.15. The number of anilines is 1. The molecule has 0 unspecified atom stereocenters. The van der Waals surface area contributed by atoms with Crippen molar-refractivity contribution in [3.05, 3.63) is 47.0 Å². The number of hydrogen-bond donors (Lipinski definition) is 1. The van der Waals surface area contributed by atoms with E-state index in [1.54, 1.807) is 30.3 Å². The van der Waals surface area contributed by atoms with Crippen LogP contribution in [0.1, 0.15) is 17.3 Å². The highest BCUT2D eigenvalue weighted by Gasteiger charge is 2.16. The summed E-state index contributed by atoms with van der Waals surface area (Å²) in [6, 6.07) is 10.2. The zero-order chi connectivity index (χ0) is 16.8. The van der Waals surface area contributed by atoms with E-state index in [1.165, 1.54) is 14.2 Å². The molecule has 0 fully saturated rings. The number of para-hydroxylation sites is 1. The second-order valence-corrected chi connectivity index (χ2v) is 4.98. The monoisotopic (exact) mass is 335 g/mol. The molecule has 6 heteroatoms. The fourth-order valence-electron chi connectivity index (χ4n) is 2.08. The predicted octanol–water partition coefficient (Wildman–Crippen LogP) is 4.01. The fourth-order valence-corrected chi connectivity index (χ4v) is 2.32. The van der Waals surface area contributed by atoms with Crippen molar-refractivity contribution >= 4 is 23.2 Å². The molecular formula is C17H18ClNO4. The van der Waals surface area contributed by atoms with E-state index in [2.05, 4.69) is 5.32 Å². The number of carbonyl (C=O) groups is 1. The van der Waals surface area contributed by atoms with Crippen LogP contribution in [0.5, 0.6) is 17.2 Å². The Bertz CT molecular complexity index is 703. The van der Waals surface area contributed by atoms with Crippen molar-refractivity contribution < 1.29 is 19.0 Å². The van der Waals surface area contributed by atoms with E-state index in [0.29, 0.717) is 40.1 Å². The molecule has 0 bridgehead atoms. The van der Waals surface area contributed by atoms with E-state index in [4.69, 9.17) is 25.8 Å². The lowest BCUT2D eigenvalue weighted by atomic mass is 10.1. The highest BCUT2D eigenvalue weighted by Crippen LogP contribution is 2.36. The lowest BCUT2D eigenvalue weighted by molar-refractivity contribution is 0.102. The van der Waals surface area contributed by atoms with Crippen LogP contribution >= 0.6 is 11.6 Å². The quantitative estimate of drug-likeness (QED) is 0.866. The maximum absolute atomic E-state index is 12.5. The topological polar surface area (TPSA) is 56.8 Å². The van der Waals surface area contributed by atoms with Gasteiger partial charge in [-0.25, -0.2) is 0 Å². The highest BCUT2D eigenvalue weighted by atomic mass is 35.5. The van der Waals surface area contributed by atoms with Crippen LogP contribution in [0, 0.1) is 0 Å². The lowest BCUT2D eigenvalue weighted by Crippen LogP contribution is -2.14. The highest BCUT2D eigenvalue weighted by molar-refractivity contribution is 6.32. The molecule has 0 saturated carbocycles. The van der Waals surface area contributed by atoms with E-state index < -0.39 is 0 Å². The van der Waals surface area contributed by atoms with Crippen LogP contribution in [0.2, 0.25) is 5.02 Å². The summed E-state index contributed by atoms with van der Waals surface area (Å²) >= 11 is 6.11. The summed E-state index contributed by atoms with van der Waals surface area (Å²) in [6.07, 6.45) is 0. The normalized spacial score (nSPS) is 10.1. The molecule has 0 atom stereocenters. The van der Waals surface area contributed by atoms with E-state index in [9.17, 15) is 4.79 Å². The SMILES string of the molecule is CCOc1ccccc1C(=O)Nc1cc(Cl)c(OC)cc1OC. The number of ether oxygens (including phenoxy) is 3. The molecule has 0 aliphatic rings. The molecule has 2 aromatic carbocycles. The maximum Gasteiger partial charge on any atom is 0.259 e. The minimum atomic E-state index is -0.311. The van der Waals surface area contributed by atoms with Crippen molar-refractivity contribution in [1.29, 1.82) is 0 Å². The van der Waals surface area contributed by atoms with Gasteiger partial charge >= 0.3 is 0 Å². The van der Waals surface area contributed by atoms with Crippen LogP contribution in [0.3, 0.4) is 0 Å². The first-order valence-corrected chi connectivity index (χ1v) is 7.43. The van der Waals surface area contributed by atoms with Crippen molar-refractivity contribution in [3.63, 3.8) is 0 Å². The van der Waals surface area contributed by atoms with Gasteiger partial charge in [0.15, 0.2) is 0 Å². The van der Waals surface area contributed by atoms with Gasteiger partial charge in [-0.2, -0.15) is 0 Å². The van der Waals surface area contributed by atoms with Crippen molar-refractivity contribution in [2.24, 2.45) is 0 Å². The molecule has 2 aromatic rings. The summed E-state index contributed by atoms with van der Waals surface area (Å²) in [7, 11) is 3.02. The smallest absolute Gasteiger partial charge is 0.259 e. The van der Waals surface area contributed by atoms with E-state index in [-0.39, 0.29) is 5.91 Å². The van der Waals surface area contributed by atoms with E-state index in [1.807, 2.05) is 13.0 Å². The summed E-state index contributed by atoms with van der Waals surface area (Å²) in [6.45, 7) is 2.34. The molecule has 122 valence electrons. The molecule has 1 amide bonds. The first kappa shape index (κ1) is 17.0. The number of nitrogens with one attached hydrogen (secondary N) is 1. The van der Waals surface area contributed by atoms with Gasteiger partial charge in [-0.3, -0.25) is 4.79 Å². The van der Waals surface area contributed by atoms with Crippen LogP contribution in [0.15, 0.2) is 36.4 Å². The number of carbonyl (C=O) groups excluding carboxylic acids is 1. The molecule has 2 rings (SSSR count). The zero-order valence-corrected chi connectivity index (χ0v) is 13.9. The number of halogens is 1. The fraction of sp³-hybridized carbons (Fsp3) is 0.235. The minimum Gasteiger partial charge on any atom is -0.495 e. The standard InChI is InChI=1S/C17H18ClNO4/c1-4-23-14-8-6-5-7-11(14)17(20)19-13-9-12(18)15(21-2)10-16(13)22-3/h5-10H,4H2,1-3H3,(H,19,20). The third-order valence-corrected chi connectivity index (χ3v) is 3.45. The van der Waals surface area contributed by atoms with E-state index in [0.717, 1.165) is 0 Å². The number of hydrogen-bond acceptors (Lipinski definition) is 4. The molecule has 0 aromatic heterocycles. The van der Waals surface area contributed by atoms with Gasteiger partial charge in [-0.1, -0.05) is 23.7 Å². The van der Waals surface area contributed by atoms with Crippen molar-refractivity contribution in [1.82, 2.24) is 0 Å². The van der Waals surface area contributed by atoms with Crippen molar-refractivity contribution in [2.45, 2.75) is 6.92 Å². The Balaban J connectivity index is 2.32. The summed E-state index contributed by atoms with van der Waals surface area (Å²) in [5.74, 6) is 1.13. The van der Waals surface area contributed by atoms with Gasteiger partial charge in [0.1, 0.15) is 17.2 Å².